The second-order valence-corrected chi connectivity index (χ2v) is 6.71. The van der Waals surface area contributed by atoms with E-state index < -0.39 is 5.97 Å². The maximum Gasteiger partial charge on any atom is 0.337 e. The molecule has 0 saturated heterocycles. The number of nitrogens with zero attached hydrogens (tertiary/aromatic N) is 1. The highest BCUT2D eigenvalue weighted by molar-refractivity contribution is 8.00. The highest BCUT2D eigenvalue weighted by Gasteiger charge is 2.17. The third-order valence-electron chi connectivity index (χ3n) is 3.60. The minimum absolute atomic E-state index is 0.142. The molecule has 0 spiro atoms. The standard InChI is InChI=1S/C18H17N3O3S/c1-11(25-18-20-14-5-3-4-6-15(14)21-18)16(22)19-13-9-7-12(8-10-13)17(23)24-2/h3-11H,1-2H3,(H,19,22)(H,20,21)/t11-/m1/s1. The Morgan fingerprint density at radius 2 is 1.88 bits per heavy atom. The van der Waals surface area contributed by atoms with Crippen molar-refractivity contribution in [2.24, 2.45) is 0 Å². The average molecular weight is 355 g/mol. The molecule has 25 heavy (non-hydrogen) atoms. The fourth-order valence-corrected chi connectivity index (χ4v) is 3.08. The maximum atomic E-state index is 12.3. The molecule has 7 heteroatoms. The number of hydrogen-bond donors (Lipinski definition) is 2. The molecule has 2 aromatic carbocycles. The lowest BCUT2D eigenvalue weighted by Crippen LogP contribution is -2.22. The van der Waals surface area contributed by atoms with Crippen LogP contribution in [0, 0.1) is 0 Å². The highest BCUT2D eigenvalue weighted by Crippen LogP contribution is 2.24. The van der Waals surface area contributed by atoms with Crippen LogP contribution in [0.15, 0.2) is 53.7 Å². The molecular formula is C18H17N3O3S. The smallest absolute Gasteiger partial charge is 0.337 e. The van der Waals surface area contributed by atoms with Gasteiger partial charge in [-0.05, 0) is 43.3 Å². The van der Waals surface area contributed by atoms with Crippen molar-refractivity contribution in [3.63, 3.8) is 0 Å². The van der Waals surface area contributed by atoms with Crippen molar-refractivity contribution < 1.29 is 14.3 Å². The summed E-state index contributed by atoms with van der Waals surface area (Å²) in [6.07, 6.45) is 0. The number of nitrogens with one attached hydrogen (secondary N) is 2. The van der Waals surface area contributed by atoms with Gasteiger partial charge in [0.1, 0.15) is 0 Å². The molecule has 2 N–H and O–H groups in total. The highest BCUT2D eigenvalue weighted by atomic mass is 32.2. The van der Waals surface area contributed by atoms with Crippen LogP contribution in [0.1, 0.15) is 17.3 Å². The number of anilines is 1. The largest absolute Gasteiger partial charge is 0.465 e. The molecule has 0 aliphatic heterocycles. The molecule has 0 aliphatic carbocycles. The molecule has 1 amide bonds. The summed E-state index contributed by atoms with van der Waals surface area (Å²) in [5.41, 5.74) is 2.87. The number of benzene rings is 2. The van der Waals surface area contributed by atoms with Gasteiger partial charge in [0, 0.05) is 5.69 Å². The van der Waals surface area contributed by atoms with Gasteiger partial charge >= 0.3 is 5.97 Å². The molecule has 1 atom stereocenters. The lowest BCUT2D eigenvalue weighted by molar-refractivity contribution is -0.115. The van der Waals surface area contributed by atoms with E-state index in [1.807, 2.05) is 31.2 Å². The Bertz CT molecular complexity index is 872. The number of imidazole rings is 1. The zero-order valence-corrected chi connectivity index (χ0v) is 14.6. The lowest BCUT2D eigenvalue weighted by Gasteiger charge is -2.10. The molecule has 0 aliphatic rings. The minimum Gasteiger partial charge on any atom is -0.465 e. The van der Waals surface area contributed by atoms with E-state index in [4.69, 9.17) is 0 Å². The molecule has 1 heterocycles. The topological polar surface area (TPSA) is 84.1 Å². The predicted octanol–water partition coefficient (Wildman–Crippen LogP) is 3.47. The van der Waals surface area contributed by atoms with Gasteiger partial charge in [0.2, 0.25) is 5.91 Å². The monoisotopic (exact) mass is 355 g/mol. The number of para-hydroxylation sites is 2. The molecule has 0 radical (unpaired) electrons. The van der Waals surface area contributed by atoms with Gasteiger partial charge in [-0.2, -0.15) is 0 Å². The molecule has 128 valence electrons. The number of amides is 1. The summed E-state index contributed by atoms with van der Waals surface area (Å²) < 4.78 is 4.65. The fraction of sp³-hybridized carbons (Fsp3) is 0.167. The molecule has 0 saturated carbocycles. The molecule has 6 nitrogen and oxygen atoms in total. The van der Waals surface area contributed by atoms with Crippen LogP contribution in [0.5, 0.6) is 0 Å². The van der Waals surface area contributed by atoms with Gasteiger partial charge in [-0.25, -0.2) is 9.78 Å². The van der Waals surface area contributed by atoms with Crippen molar-refractivity contribution >= 4 is 40.4 Å². The first kappa shape index (κ1) is 17.0. The predicted molar refractivity (Wildman–Crippen MR) is 97.8 cm³/mol. The first-order valence-corrected chi connectivity index (χ1v) is 8.55. The zero-order chi connectivity index (χ0) is 17.8. The Morgan fingerprint density at radius 3 is 2.56 bits per heavy atom. The van der Waals surface area contributed by atoms with E-state index in [2.05, 4.69) is 20.0 Å². The summed E-state index contributed by atoms with van der Waals surface area (Å²) in [6.45, 7) is 1.82. The van der Waals surface area contributed by atoms with E-state index in [0.29, 0.717) is 16.4 Å². The quantitative estimate of drug-likeness (QED) is 0.541. The van der Waals surface area contributed by atoms with Crippen molar-refractivity contribution in [3.05, 3.63) is 54.1 Å². The Balaban J connectivity index is 1.63. The van der Waals surface area contributed by atoms with E-state index in [1.54, 1.807) is 24.3 Å². The third-order valence-corrected chi connectivity index (χ3v) is 4.58. The second-order valence-electron chi connectivity index (χ2n) is 5.38. The fourth-order valence-electron chi connectivity index (χ4n) is 2.26. The summed E-state index contributed by atoms with van der Waals surface area (Å²) in [5.74, 6) is -0.553. The van der Waals surface area contributed by atoms with Crippen LogP contribution in [0.3, 0.4) is 0 Å². The first-order chi connectivity index (χ1) is 12.1. The van der Waals surface area contributed by atoms with Crippen LogP contribution < -0.4 is 5.32 Å². The number of carbonyl (C=O) groups excluding carboxylic acids is 2. The minimum atomic E-state index is -0.410. The van der Waals surface area contributed by atoms with Crippen LogP contribution in [-0.2, 0) is 9.53 Å². The number of hydrogen-bond acceptors (Lipinski definition) is 5. The summed E-state index contributed by atoms with van der Waals surface area (Å²) >= 11 is 1.36. The van der Waals surface area contributed by atoms with Crippen LogP contribution in [0.4, 0.5) is 5.69 Å². The van der Waals surface area contributed by atoms with Crippen molar-refractivity contribution in [1.29, 1.82) is 0 Å². The van der Waals surface area contributed by atoms with Crippen molar-refractivity contribution in [1.82, 2.24) is 9.97 Å². The number of methoxy groups -OCH3 is 1. The number of esters is 1. The van der Waals surface area contributed by atoms with Crippen LogP contribution >= 0.6 is 11.8 Å². The summed E-state index contributed by atoms with van der Waals surface area (Å²) in [4.78, 5) is 31.4. The Kier molecular flexibility index (Phi) is 5.04. The van der Waals surface area contributed by atoms with Crippen LogP contribution in [-0.4, -0.2) is 34.2 Å². The Hall–Kier alpha value is -2.80. The van der Waals surface area contributed by atoms with Gasteiger partial charge in [-0.3, -0.25) is 4.79 Å². The lowest BCUT2D eigenvalue weighted by atomic mass is 10.2. The maximum absolute atomic E-state index is 12.3. The van der Waals surface area contributed by atoms with Gasteiger partial charge in [0.05, 0.1) is 29.0 Å². The zero-order valence-electron chi connectivity index (χ0n) is 13.8. The summed E-state index contributed by atoms with van der Waals surface area (Å²) in [7, 11) is 1.33. The summed E-state index contributed by atoms with van der Waals surface area (Å²) in [6, 6.07) is 14.3. The third kappa shape index (κ3) is 4.00. The number of ether oxygens (including phenoxy) is 1. The molecule has 3 aromatic rings. The van der Waals surface area contributed by atoms with E-state index in [-0.39, 0.29) is 11.2 Å². The summed E-state index contributed by atoms with van der Waals surface area (Å²) in [5, 5.41) is 3.19. The van der Waals surface area contributed by atoms with Crippen molar-refractivity contribution in [2.45, 2.75) is 17.3 Å². The van der Waals surface area contributed by atoms with Crippen molar-refractivity contribution in [3.8, 4) is 0 Å². The van der Waals surface area contributed by atoms with E-state index >= 15 is 0 Å². The average Bonchev–Trinajstić information content (AvgIpc) is 3.03. The Labute approximate surface area is 149 Å². The first-order valence-electron chi connectivity index (χ1n) is 7.67. The SMILES string of the molecule is COC(=O)c1ccc(NC(=O)[C@@H](C)Sc2nc3ccccc3[nH]2)cc1. The van der Waals surface area contributed by atoms with E-state index in [9.17, 15) is 9.59 Å². The van der Waals surface area contributed by atoms with Crippen LogP contribution in [0.2, 0.25) is 0 Å². The van der Waals surface area contributed by atoms with Crippen LogP contribution in [0.25, 0.3) is 11.0 Å². The second kappa shape index (κ2) is 7.40. The van der Waals surface area contributed by atoms with E-state index in [1.165, 1.54) is 18.9 Å². The molecule has 3 rings (SSSR count). The molecule has 1 aromatic heterocycles. The number of aromatic amines is 1. The van der Waals surface area contributed by atoms with Gasteiger partial charge in [-0.1, -0.05) is 23.9 Å². The van der Waals surface area contributed by atoms with Gasteiger partial charge < -0.3 is 15.0 Å². The molecule has 0 unspecified atom stereocenters. The molecule has 0 fully saturated rings. The van der Waals surface area contributed by atoms with Gasteiger partial charge in [-0.15, -0.1) is 0 Å². The molecule has 0 bridgehead atoms. The number of aromatic nitrogens is 2. The normalized spacial score (nSPS) is 11.9. The molecular weight excluding hydrogens is 338 g/mol. The van der Waals surface area contributed by atoms with E-state index in [0.717, 1.165) is 11.0 Å². The van der Waals surface area contributed by atoms with Crippen molar-refractivity contribution in [2.75, 3.05) is 12.4 Å². The number of thioether (sulfide) groups is 1. The Morgan fingerprint density at radius 1 is 1.16 bits per heavy atom. The number of fused-ring (bicyclic) bond motifs is 1. The number of H-pyrrole nitrogens is 1. The van der Waals surface area contributed by atoms with Gasteiger partial charge in [0.15, 0.2) is 5.16 Å². The number of rotatable bonds is 5. The number of carbonyl (C=O) groups is 2. The van der Waals surface area contributed by atoms with Gasteiger partial charge in [0.25, 0.3) is 0 Å².